The van der Waals surface area contributed by atoms with E-state index >= 15 is 0 Å². The second-order valence-corrected chi connectivity index (χ2v) is 10.2. The lowest BCUT2D eigenvalue weighted by Crippen LogP contribution is -2.48. The van der Waals surface area contributed by atoms with Crippen LogP contribution in [0, 0.1) is 5.92 Å². The van der Waals surface area contributed by atoms with Crippen LogP contribution >= 0.6 is 11.6 Å². The number of rotatable bonds is 7. The first-order valence-electron chi connectivity index (χ1n) is 12.6. The van der Waals surface area contributed by atoms with Gasteiger partial charge in [0.25, 0.3) is 0 Å². The molecule has 2 amide bonds. The Balaban J connectivity index is 1.35. The quantitative estimate of drug-likeness (QED) is 0.458. The first-order valence-corrected chi connectivity index (χ1v) is 13.0. The van der Waals surface area contributed by atoms with E-state index in [1.165, 1.54) is 12.1 Å². The summed E-state index contributed by atoms with van der Waals surface area (Å²) in [6.45, 7) is 6.61. The van der Waals surface area contributed by atoms with E-state index in [1.807, 2.05) is 30.3 Å². The van der Waals surface area contributed by atoms with E-state index in [-0.39, 0.29) is 12.1 Å². The number of hydrogen-bond donors (Lipinski definition) is 1. The fourth-order valence-corrected chi connectivity index (χ4v) is 5.59. The minimum Gasteiger partial charge on any atom is -0.338 e. The number of aromatic nitrogens is 2. The number of urea groups is 1. The number of nitrogens with zero attached hydrogens (tertiary/aromatic N) is 4. The molecule has 2 atom stereocenters. The Morgan fingerprint density at radius 1 is 1.15 bits per heavy atom. The third kappa shape index (κ3) is 4.93. The summed E-state index contributed by atoms with van der Waals surface area (Å²) in [5.41, 5.74) is 4.22. The fourth-order valence-electron chi connectivity index (χ4n) is 5.46. The molecule has 0 saturated carbocycles. The number of hydrogen-bond acceptors (Lipinski definition) is 3. The molecule has 180 valence electrons. The van der Waals surface area contributed by atoms with E-state index < -0.39 is 0 Å². The maximum atomic E-state index is 12.9. The third-order valence-corrected chi connectivity index (χ3v) is 7.51. The number of imidazole rings is 1. The maximum absolute atomic E-state index is 12.9. The summed E-state index contributed by atoms with van der Waals surface area (Å²) >= 11 is 6.14. The first-order chi connectivity index (χ1) is 16.6. The van der Waals surface area contributed by atoms with Gasteiger partial charge in [0.1, 0.15) is 5.65 Å². The Hall–Kier alpha value is -2.57. The van der Waals surface area contributed by atoms with E-state index in [4.69, 9.17) is 16.6 Å². The average molecular weight is 480 g/mol. The van der Waals surface area contributed by atoms with Crippen LogP contribution in [0.3, 0.4) is 0 Å². The van der Waals surface area contributed by atoms with Crippen LogP contribution in [0.25, 0.3) is 16.9 Å². The highest BCUT2D eigenvalue weighted by molar-refractivity contribution is 6.30. The molecule has 6 nitrogen and oxygen atoms in total. The molecule has 7 heteroatoms. The number of amides is 2. The summed E-state index contributed by atoms with van der Waals surface area (Å²) in [4.78, 5) is 22.5. The molecule has 0 radical (unpaired) electrons. The van der Waals surface area contributed by atoms with E-state index in [2.05, 4.69) is 44.8 Å². The van der Waals surface area contributed by atoms with Crippen molar-refractivity contribution in [3.8, 4) is 11.3 Å². The van der Waals surface area contributed by atoms with Gasteiger partial charge in [0.2, 0.25) is 0 Å². The van der Waals surface area contributed by atoms with Gasteiger partial charge in [0.05, 0.1) is 11.4 Å². The van der Waals surface area contributed by atoms with Gasteiger partial charge in [-0.2, -0.15) is 0 Å². The van der Waals surface area contributed by atoms with Gasteiger partial charge in [0.15, 0.2) is 0 Å². The highest BCUT2D eigenvalue weighted by Crippen LogP contribution is 2.32. The average Bonchev–Trinajstić information content (AvgIpc) is 3.34. The van der Waals surface area contributed by atoms with Crippen LogP contribution < -0.4 is 5.32 Å². The number of nitrogens with one attached hydrogen (secondary N) is 1. The normalized spacial score (nSPS) is 20.6. The molecule has 2 unspecified atom stereocenters. The molecule has 2 aromatic heterocycles. The highest BCUT2D eigenvalue weighted by Gasteiger charge is 2.38. The molecule has 5 rings (SSSR count). The zero-order valence-electron chi connectivity index (χ0n) is 19.9. The van der Waals surface area contributed by atoms with Crippen molar-refractivity contribution in [1.82, 2.24) is 24.5 Å². The van der Waals surface area contributed by atoms with Crippen LogP contribution in [0.15, 0.2) is 48.7 Å². The second kappa shape index (κ2) is 10.4. The van der Waals surface area contributed by atoms with Gasteiger partial charge in [-0.3, -0.25) is 4.90 Å². The summed E-state index contributed by atoms with van der Waals surface area (Å²) in [6, 6.07) is 14.5. The maximum Gasteiger partial charge on any atom is 0.317 e. The van der Waals surface area contributed by atoms with Gasteiger partial charge in [-0.25, -0.2) is 9.78 Å². The number of carbonyl (C=O) groups is 1. The predicted octanol–water partition coefficient (Wildman–Crippen LogP) is 5.45. The lowest BCUT2D eigenvalue weighted by atomic mass is 10.0. The molecule has 2 aliphatic rings. The van der Waals surface area contributed by atoms with Gasteiger partial charge in [-0.1, -0.05) is 49.6 Å². The summed E-state index contributed by atoms with van der Waals surface area (Å²) in [5.74, 6) is 0.592. The summed E-state index contributed by atoms with van der Waals surface area (Å²) in [6.07, 6.45) is 7.71. The largest absolute Gasteiger partial charge is 0.338 e. The lowest BCUT2D eigenvalue weighted by Gasteiger charge is -2.32. The number of likely N-dealkylation sites (tertiary alicyclic amines) is 2. The Morgan fingerprint density at radius 2 is 2.00 bits per heavy atom. The van der Waals surface area contributed by atoms with Crippen LogP contribution in [-0.2, 0) is 6.54 Å². The van der Waals surface area contributed by atoms with Crippen LogP contribution in [0.4, 0.5) is 4.79 Å². The number of fused-ring (bicyclic) bond motifs is 3. The van der Waals surface area contributed by atoms with Gasteiger partial charge in [0, 0.05) is 49.0 Å². The molecule has 4 heterocycles. The molecule has 0 spiro atoms. The molecule has 3 aromatic rings. The molecule has 2 saturated heterocycles. The smallest absolute Gasteiger partial charge is 0.317 e. The topological polar surface area (TPSA) is 52.9 Å². The molecule has 34 heavy (non-hydrogen) atoms. The van der Waals surface area contributed by atoms with Gasteiger partial charge in [-0.15, -0.1) is 0 Å². The van der Waals surface area contributed by atoms with Gasteiger partial charge >= 0.3 is 6.03 Å². The van der Waals surface area contributed by atoms with Crippen molar-refractivity contribution in [1.29, 1.82) is 0 Å². The molecular formula is C27H34ClN5O. The molecule has 2 bridgehead atoms. The van der Waals surface area contributed by atoms with E-state index in [1.54, 1.807) is 0 Å². The van der Waals surface area contributed by atoms with Crippen LogP contribution in [-0.4, -0.2) is 57.4 Å². The summed E-state index contributed by atoms with van der Waals surface area (Å²) in [5, 5.41) is 3.88. The van der Waals surface area contributed by atoms with Crippen LogP contribution in [0.1, 0.15) is 44.7 Å². The Labute approximate surface area is 206 Å². The molecule has 1 aromatic carbocycles. The van der Waals surface area contributed by atoms with Gasteiger partial charge in [-0.05, 0) is 56.0 Å². The number of carbonyl (C=O) groups excluding carboxylic acids is 1. The SMILES string of the molecule is CCCCCNC(=O)N1CC2CCN(Cc3c(-c4ccc(Cl)cc4)nc4ccccn34)CC1C2. The van der Waals surface area contributed by atoms with Crippen molar-refractivity contribution in [2.75, 3.05) is 26.2 Å². The molecule has 1 N–H and O–H groups in total. The van der Waals surface area contributed by atoms with E-state index in [0.29, 0.717) is 5.92 Å². The van der Waals surface area contributed by atoms with Crippen molar-refractivity contribution in [3.63, 3.8) is 0 Å². The third-order valence-electron chi connectivity index (χ3n) is 7.26. The van der Waals surface area contributed by atoms with Gasteiger partial charge < -0.3 is 14.6 Å². The number of pyridine rings is 1. The minimum absolute atomic E-state index is 0.113. The number of unbranched alkanes of at least 4 members (excludes halogenated alkanes) is 2. The molecule has 2 aliphatic heterocycles. The zero-order chi connectivity index (χ0) is 23.5. The first kappa shape index (κ1) is 23.2. The van der Waals surface area contributed by atoms with Crippen molar-refractivity contribution < 1.29 is 4.79 Å². The Kier molecular flexibility index (Phi) is 7.07. The van der Waals surface area contributed by atoms with Crippen molar-refractivity contribution in [2.24, 2.45) is 5.92 Å². The molecule has 2 fully saturated rings. The van der Waals surface area contributed by atoms with Crippen molar-refractivity contribution in [3.05, 3.63) is 59.4 Å². The molecule has 0 aliphatic carbocycles. The predicted molar refractivity (Wildman–Crippen MR) is 137 cm³/mol. The van der Waals surface area contributed by atoms with Crippen molar-refractivity contribution in [2.45, 2.75) is 51.6 Å². The van der Waals surface area contributed by atoms with Crippen LogP contribution in [0.2, 0.25) is 5.02 Å². The lowest BCUT2D eigenvalue weighted by molar-refractivity contribution is 0.154. The highest BCUT2D eigenvalue weighted by atomic mass is 35.5. The van der Waals surface area contributed by atoms with E-state index in [9.17, 15) is 4.79 Å². The summed E-state index contributed by atoms with van der Waals surface area (Å²) in [7, 11) is 0. The second-order valence-electron chi connectivity index (χ2n) is 9.71. The fraction of sp³-hybridized carbons (Fsp3) is 0.481. The van der Waals surface area contributed by atoms with Crippen molar-refractivity contribution >= 4 is 23.3 Å². The Morgan fingerprint density at radius 3 is 2.82 bits per heavy atom. The Bertz CT molecular complexity index is 1130. The van der Waals surface area contributed by atoms with E-state index in [0.717, 1.165) is 80.3 Å². The molecular weight excluding hydrogens is 446 g/mol. The standard InChI is InChI=1S/C27H34ClN5O/c1-2-3-5-13-29-27(34)33-17-20-12-15-31(18-23(33)16-20)19-24-26(21-8-10-22(28)11-9-21)30-25-7-4-6-14-32(24)25/h4,6-11,14,20,23H,2-3,5,12-13,15-19H2,1H3,(H,29,34). The van der Waals surface area contributed by atoms with Crippen LogP contribution in [0.5, 0.6) is 0 Å². The monoisotopic (exact) mass is 479 g/mol. The zero-order valence-corrected chi connectivity index (χ0v) is 20.7. The minimum atomic E-state index is 0.113. The number of benzene rings is 1. The summed E-state index contributed by atoms with van der Waals surface area (Å²) < 4.78 is 2.20. The number of halogens is 1.